The predicted octanol–water partition coefficient (Wildman–Crippen LogP) is 1.79. The fourth-order valence-electron chi connectivity index (χ4n) is 1.95. The quantitative estimate of drug-likeness (QED) is 0.880. The monoisotopic (exact) mass is 303 g/mol. The number of carboxylic acid groups (broad SMARTS) is 1. The summed E-state index contributed by atoms with van der Waals surface area (Å²) >= 11 is 0. The van der Waals surface area contributed by atoms with Gasteiger partial charge in [0.25, 0.3) is 0 Å². The standard InChI is InChI=1S/C15H13NO4S/c16-14(17)11-6-2-1-5-10(11)9-21(20)13-8-4-3-7-12(13)15(18)19/h1-8H,9H2,(H2,16,17)(H,18,19). The highest BCUT2D eigenvalue weighted by molar-refractivity contribution is 7.84. The van der Waals surface area contributed by atoms with Crippen LogP contribution in [0.5, 0.6) is 0 Å². The lowest BCUT2D eigenvalue weighted by Gasteiger charge is -2.08. The molecule has 0 saturated carbocycles. The van der Waals surface area contributed by atoms with Crippen molar-refractivity contribution in [1.82, 2.24) is 0 Å². The van der Waals surface area contributed by atoms with Gasteiger partial charge in [-0.25, -0.2) is 4.79 Å². The molecule has 0 heterocycles. The fraction of sp³-hybridized carbons (Fsp3) is 0.0667. The Hall–Kier alpha value is -2.47. The largest absolute Gasteiger partial charge is 0.478 e. The predicted molar refractivity (Wildman–Crippen MR) is 78.5 cm³/mol. The van der Waals surface area contributed by atoms with Crippen molar-refractivity contribution in [2.45, 2.75) is 10.6 Å². The summed E-state index contributed by atoms with van der Waals surface area (Å²) in [7, 11) is -1.58. The molecule has 0 spiro atoms. The molecular formula is C15H13NO4S. The zero-order chi connectivity index (χ0) is 15.4. The minimum Gasteiger partial charge on any atom is -0.478 e. The Morgan fingerprint density at radius 2 is 1.57 bits per heavy atom. The zero-order valence-corrected chi connectivity index (χ0v) is 11.8. The van der Waals surface area contributed by atoms with Crippen molar-refractivity contribution < 1.29 is 18.9 Å². The number of carboxylic acids is 1. The minimum atomic E-state index is -1.58. The molecule has 2 aromatic carbocycles. The van der Waals surface area contributed by atoms with Gasteiger partial charge >= 0.3 is 5.97 Å². The van der Waals surface area contributed by atoms with E-state index in [4.69, 9.17) is 10.8 Å². The van der Waals surface area contributed by atoms with E-state index in [0.717, 1.165) is 0 Å². The van der Waals surface area contributed by atoms with Crippen LogP contribution in [0.2, 0.25) is 0 Å². The van der Waals surface area contributed by atoms with E-state index in [-0.39, 0.29) is 16.2 Å². The molecular weight excluding hydrogens is 290 g/mol. The third kappa shape index (κ3) is 3.35. The van der Waals surface area contributed by atoms with E-state index in [0.29, 0.717) is 11.1 Å². The Bertz CT molecular complexity index is 727. The van der Waals surface area contributed by atoms with Crippen LogP contribution in [0, 0.1) is 0 Å². The number of carbonyl (C=O) groups excluding carboxylic acids is 1. The second kappa shape index (κ2) is 6.32. The number of hydrogen-bond donors (Lipinski definition) is 2. The van der Waals surface area contributed by atoms with Crippen molar-refractivity contribution in [1.29, 1.82) is 0 Å². The Morgan fingerprint density at radius 1 is 1.00 bits per heavy atom. The number of carbonyl (C=O) groups is 2. The van der Waals surface area contributed by atoms with E-state index < -0.39 is 22.7 Å². The molecule has 0 aliphatic carbocycles. The van der Waals surface area contributed by atoms with Crippen LogP contribution in [0.4, 0.5) is 0 Å². The van der Waals surface area contributed by atoms with Crippen LogP contribution in [-0.2, 0) is 16.6 Å². The lowest BCUT2D eigenvalue weighted by molar-refractivity contribution is 0.0692. The van der Waals surface area contributed by atoms with E-state index in [1.54, 1.807) is 36.4 Å². The molecule has 1 unspecified atom stereocenters. The molecule has 0 bridgehead atoms. The van der Waals surface area contributed by atoms with Crippen LogP contribution in [0.1, 0.15) is 26.3 Å². The maximum absolute atomic E-state index is 12.4. The third-order valence-electron chi connectivity index (χ3n) is 2.93. The Morgan fingerprint density at radius 3 is 2.19 bits per heavy atom. The number of nitrogens with two attached hydrogens (primary N) is 1. The lowest BCUT2D eigenvalue weighted by Crippen LogP contribution is -2.15. The molecule has 0 aliphatic heterocycles. The van der Waals surface area contributed by atoms with E-state index in [1.807, 2.05) is 0 Å². The van der Waals surface area contributed by atoms with Gasteiger partial charge in [-0.3, -0.25) is 9.00 Å². The van der Waals surface area contributed by atoms with Gasteiger partial charge in [-0.1, -0.05) is 30.3 Å². The van der Waals surface area contributed by atoms with Gasteiger partial charge in [0.1, 0.15) is 0 Å². The lowest BCUT2D eigenvalue weighted by atomic mass is 10.1. The third-order valence-corrected chi connectivity index (χ3v) is 4.35. The van der Waals surface area contributed by atoms with Gasteiger partial charge < -0.3 is 10.8 Å². The van der Waals surface area contributed by atoms with Crippen molar-refractivity contribution in [3.05, 3.63) is 65.2 Å². The molecule has 2 rings (SSSR count). The van der Waals surface area contributed by atoms with E-state index in [1.165, 1.54) is 12.1 Å². The van der Waals surface area contributed by atoms with Gasteiger partial charge in [0.2, 0.25) is 5.91 Å². The normalized spacial score (nSPS) is 11.8. The van der Waals surface area contributed by atoms with Crippen molar-refractivity contribution in [2.24, 2.45) is 5.73 Å². The van der Waals surface area contributed by atoms with Crippen LogP contribution in [0.15, 0.2) is 53.4 Å². The Kier molecular flexibility index (Phi) is 4.49. The number of aromatic carboxylic acids is 1. The summed E-state index contributed by atoms with van der Waals surface area (Å²) in [5.41, 5.74) is 6.09. The molecule has 0 fully saturated rings. The first kappa shape index (κ1) is 14.9. The summed E-state index contributed by atoms with van der Waals surface area (Å²) in [6, 6.07) is 12.7. The van der Waals surface area contributed by atoms with Crippen LogP contribution >= 0.6 is 0 Å². The first-order valence-electron chi connectivity index (χ1n) is 6.09. The Balaban J connectivity index is 2.36. The molecule has 0 radical (unpaired) electrons. The van der Waals surface area contributed by atoms with Gasteiger partial charge in [-0.05, 0) is 23.8 Å². The zero-order valence-electron chi connectivity index (χ0n) is 11.0. The topological polar surface area (TPSA) is 97.5 Å². The molecule has 0 saturated heterocycles. The molecule has 1 atom stereocenters. The highest BCUT2D eigenvalue weighted by Gasteiger charge is 2.17. The van der Waals surface area contributed by atoms with Crippen LogP contribution < -0.4 is 5.73 Å². The summed E-state index contributed by atoms with van der Waals surface area (Å²) in [5.74, 6) is -1.71. The number of rotatable bonds is 5. The van der Waals surface area contributed by atoms with Gasteiger partial charge in [-0.2, -0.15) is 0 Å². The van der Waals surface area contributed by atoms with Crippen molar-refractivity contribution in [3.8, 4) is 0 Å². The summed E-state index contributed by atoms with van der Waals surface area (Å²) in [6.07, 6.45) is 0. The van der Waals surface area contributed by atoms with Gasteiger partial charge in [0.05, 0.1) is 27.0 Å². The van der Waals surface area contributed by atoms with Crippen molar-refractivity contribution in [3.63, 3.8) is 0 Å². The summed E-state index contributed by atoms with van der Waals surface area (Å²) < 4.78 is 12.4. The molecule has 3 N–H and O–H groups in total. The second-order valence-electron chi connectivity index (χ2n) is 4.31. The fourth-order valence-corrected chi connectivity index (χ4v) is 3.27. The molecule has 5 nitrogen and oxygen atoms in total. The average Bonchev–Trinajstić information content (AvgIpc) is 2.47. The molecule has 108 valence electrons. The van der Waals surface area contributed by atoms with Crippen LogP contribution in [0.3, 0.4) is 0 Å². The molecule has 0 aromatic heterocycles. The summed E-state index contributed by atoms with van der Waals surface area (Å²) in [5, 5.41) is 9.11. The highest BCUT2D eigenvalue weighted by Crippen LogP contribution is 2.19. The van der Waals surface area contributed by atoms with Gasteiger partial charge in [0, 0.05) is 5.56 Å². The maximum atomic E-state index is 12.4. The van der Waals surface area contributed by atoms with Crippen LogP contribution in [-0.4, -0.2) is 21.2 Å². The van der Waals surface area contributed by atoms with E-state index in [9.17, 15) is 13.8 Å². The van der Waals surface area contributed by atoms with Crippen molar-refractivity contribution in [2.75, 3.05) is 0 Å². The molecule has 1 amide bonds. The Labute approximate surface area is 123 Å². The maximum Gasteiger partial charge on any atom is 0.336 e. The number of benzene rings is 2. The summed E-state index contributed by atoms with van der Waals surface area (Å²) in [6.45, 7) is 0. The molecule has 6 heteroatoms. The first-order valence-corrected chi connectivity index (χ1v) is 7.41. The number of amides is 1. The number of hydrogen-bond acceptors (Lipinski definition) is 3. The number of primary amides is 1. The van der Waals surface area contributed by atoms with Gasteiger partial charge in [0.15, 0.2) is 0 Å². The first-order chi connectivity index (χ1) is 10.0. The molecule has 0 aliphatic rings. The van der Waals surface area contributed by atoms with Crippen LogP contribution in [0.25, 0.3) is 0 Å². The average molecular weight is 303 g/mol. The van der Waals surface area contributed by atoms with E-state index in [2.05, 4.69) is 0 Å². The second-order valence-corrected chi connectivity index (χ2v) is 5.73. The smallest absolute Gasteiger partial charge is 0.336 e. The molecule has 2 aromatic rings. The van der Waals surface area contributed by atoms with Crippen molar-refractivity contribution >= 4 is 22.7 Å². The minimum absolute atomic E-state index is 0.00705. The van der Waals surface area contributed by atoms with E-state index >= 15 is 0 Å². The SMILES string of the molecule is NC(=O)c1ccccc1CS(=O)c1ccccc1C(=O)O. The summed E-state index contributed by atoms with van der Waals surface area (Å²) in [4.78, 5) is 22.7. The van der Waals surface area contributed by atoms with Gasteiger partial charge in [-0.15, -0.1) is 0 Å². The highest BCUT2D eigenvalue weighted by atomic mass is 32.2. The molecule has 21 heavy (non-hydrogen) atoms.